The Morgan fingerprint density at radius 2 is 2.07 bits per heavy atom. The molecule has 1 aromatic carbocycles. The Kier molecular flexibility index (Phi) is 3.04. The Hall–Kier alpha value is -1.75. The van der Waals surface area contributed by atoms with Crippen molar-refractivity contribution < 1.29 is 0 Å². The average molecular weight is 198 g/mol. The first-order chi connectivity index (χ1) is 7.38. The number of nitrogens with one attached hydrogen (secondary N) is 1. The fourth-order valence-corrected chi connectivity index (χ4v) is 1.79. The summed E-state index contributed by atoms with van der Waals surface area (Å²) < 4.78 is 0. The molecule has 1 atom stereocenters. The first-order valence-corrected chi connectivity index (χ1v) is 5.32. The molecular weight excluding hydrogens is 184 g/mol. The smallest absolute Gasteiger partial charge is 0.0991 e. The van der Waals surface area contributed by atoms with Crippen LogP contribution in [0.4, 0.5) is 5.69 Å². The maximum absolute atomic E-state index is 8.67. The van der Waals surface area contributed by atoms with Crippen LogP contribution in [0.3, 0.4) is 0 Å². The van der Waals surface area contributed by atoms with E-state index >= 15 is 0 Å². The molecule has 1 N–H and O–H groups in total. The predicted octanol–water partition coefficient (Wildman–Crippen LogP) is 3.08. The highest BCUT2D eigenvalue weighted by molar-refractivity contribution is 5.48. The Morgan fingerprint density at radius 3 is 2.67 bits per heavy atom. The molecule has 1 aliphatic rings. The van der Waals surface area contributed by atoms with Crippen molar-refractivity contribution in [3.63, 3.8) is 0 Å². The average Bonchev–Trinajstić information content (AvgIpc) is 2.31. The van der Waals surface area contributed by atoms with Crippen LogP contribution in [0.25, 0.3) is 0 Å². The molecule has 1 aliphatic carbocycles. The number of benzene rings is 1. The standard InChI is InChI=1S/C13H14N2/c14-10-11-6-8-13(9-7-11)15-12-4-2-1-3-5-12/h2,4,6-9,12,15H,1,3,5H2/t12-/m0/s1. The highest BCUT2D eigenvalue weighted by Gasteiger charge is 2.07. The van der Waals surface area contributed by atoms with Crippen LogP contribution in [-0.2, 0) is 0 Å². The van der Waals surface area contributed by atoms with Crippen molar-refractivity contribution in [1.82, 2.24) is 0 Å². The van der Waals surface area contributed by atoms with Gasteiger partial charge in [0, 0.05) is 11.7 Å². The minimum Gasteiger partial charge on any atom is -0.379 e. The second kappa shape index (κ2) is 4.65. The topological polar surface area (TPSA) is 35.8 Å². The van der Waals surface area contributed by atoms with Crippen LogP contribution in [0.5, 0.6) is 0 Å². The van der Waals surface area contributed by atoms with Gasteiger partial charge in [-0.2, -0.15) is 5.26 Å². The highest BCUT2D eigenvalue weighted by atomic mass is 14.9. The lowest BCUT2D eigenvalue weighted by Gasteiger charge is -2.19. The summed E-state index contributed by atoms with van der Waals surface area (Å²) in [6, 6.07) is 10.2. The summed E-state index contributed by atoms with van der Waals surface area (Å²) in [5.74, 6) is 0. The van der Waals surface area contributed by atoms with E-state index in [4.69, 9.17) is 5.26 Å². The quantitative estimate of drug-likeness (QED) is 0.741. The Labute approximate surface area is 90.2 Å². The van der Waals surface area contributed by atoms with E-state index in [1.807, 2.05) is 24.3 Å². The van der Waals surface area contributed by atoms with E-state index in [0.717, 1.165) is 5.69 Å². The predicted molar refractivity (Wildman–Crippen MR) is 61.6 cm³/mol. The van der Waals surface area contributed by atoms with Crippen LogP contribution in [0, 0.1) is 11.3 Å². The SMILES string of the molecule is N#Cc1ccc(N[C@H]2C=CCCC2)cc1. The van der Waals surface area contributed by atoms with E-state index in [9.17, 15) is 0 Å². The van der Waals surface area contributed by atoms with E-state index in [0.29, 0.717) is 11.6 Å². The van der Waals surface area contributed by atoms with E-state index < -0.39 is 0 Å². The van der Waals surface area contributed by atoms with Crippen LogP contribution in [0.15, 0.2) is 36.4 Å². The molecule has 0 amide bonds. The molecule has 0 aliphatic heterocycles. The van der Waals surface area contributed by atoms with Gasteiger partial charge in [-0.3, -0.25) is 0 Å². The van der Waals surface area contributed by atoms with Crippen LogP contribution in [-0.4, -0.2) is 6.04 Å². The summed E-state index contributed by atoms with van der Waals surface area (Å²) in [7, 11) is 0. The third-order valence-corrected chi connectivity index (χ3v) is 2.62. The summed E-state index contributed by atoms with van der Waals surface area (Å²) in [5, 5.41) is 12.1. The molecule has 0 unspecified atom stereocenters. The highest BCUT2D eigenvalue weighted by Crippen LogP contribution is 2.16. The minimum absolute atomic E-state index is 0.451. The van der Waals surface area contributed by atoms with Crippen molar-refractivity contribution in [3.8, 4) is 6.07 Å². The van der Waals surface area contributed by atoms with E-state index in [-0.39, 0.29) is 0 Å². The van der Waals surface area contributed by atoms with Crippen LogP contribution in [0.2, 0.25) is 0 Å². The minimum atomic E-state index is 0.451. The van der Waals surface area contributed by atoms with E-state index in [1.54, 1.807) is 0 Å². The van der Waals surface area contributed by atoms with Crippen LogP contribution in [0.1, 0.15) is 24.8 Å². The molecule has 15 heavy (non-hydrogen) atoms. The third-order valence-electron chi connectivity index (χ3n) is 2.62. The Morgan fingerprint density at radius 1 is 1.27 bits per heavy atom. The maximum Gasteiger partial charge on any atom is 0.0991 e. The van der Waals surface area contributed by atoms with Gasteiger partial charge in [0.2, 0.25) is 0 Å². The van der Waals surface area contributed by atoms with Gasteiger partial charge >= 0.3 is 0 Å². The molecular formula is C13H14N2. The van der Waals surface area contributed by atoms with Gasteiger partial charge in [-0.1, -0.05) is 12.2 Å². The molecule has 0 saturated carbocycles. The lowest BCUT2D eigenvalue weighted by molar-refractivity contribution is 0.674. The number of nitriles is 1. The molecule has 1 aromatic rings. The number of hydrogen-bond acceptors (Lipinski definition) is 2. The van der Waals surface area contributed by atoms with Gasteiger partial charge in [0.05, 0.1) is 11.6 Å². The van der Waals surface area contributed by atoms with Gasteiger partial charge in [-0.05, 0) is 43.5 Å². The van der Waals surface area contributed by atoms with Gasteiger partial charge in [-0.25, -0.2) is 0 Å². The van der Waals surface area contributed by atoms with Crippen molar-refractivity contribution in [2.24, 2.45) is 0 Å². The number of nitrogens with zero attached hydrogens (tertiary/aromatic N) is 1. The molecule has 0 radical (unpaired) electrons. The van der Waals surface area contributed by atoms with E-state index in [2.05, 4.69) is 23.5 Å². The summed E-state index contributed by atoms with van der Waals surface area (Å²) in [5.41, 5.74) is 1.80. The van der Waals surface area contributed by atoms with Gasteiger partial charge in [-0.15, -0.1) is 0 Å². The lowest BCUT2D eigenvalue weighted by atomic mass is 10.0. The maximum atomic E-state index is 8.67. The van der Waals surface area contributed by atoms with Gasteiger partial charge in [0.25, 0.3) is 0 Å². The monoisotopic (exact) mass is 198 g/mol. The first-order valence-electron chi connectivity index (χ1n) is 5.32. The number of allylic oxidation sites excluding steroid dienone is 1. The van der Waals surface area contributed by atoms with Crippen LogP contribution < -0.4 is 5.32 Å². The summed E-state index contributed by atoms with van der Waals surface area (Å²) in [4.78, 5) is 0. The Balaban J connectivity index is 2.01. The fourth-order valence-electron chi connectivity index (χ4n) is 1.79. The van der Waals surface area contributed by atoms with Gasteiger partial charge < -0.3 is 5.32 Å². The molecule has 0 bridgehead atoms. The van der Waals surface area contributed by atoms with Crippen molar-refractivity contribution in [3.05, 3.63) is 42.0 Å². The normalized spacial score (nSPS) is 19.5. The largest absolute Gasteiger partial charge is 0.379 e. The first kappa shape index (κ1) is 9.79. The zero-order chi connectivity index (χ0) is 10.5. The number of rotatable bonds is 2. The second-order valence-electron chi connectivity index (χ2n) is 3.80. The van der Waals surface area contributed by atoms with Crippen molar-refractivity contribution in [2.45, 2.75) is 25.3 Å². The molecule has 0 fully saturated rings. The van der Waals surface area contributed by atoms with Crippen LogP contribution >= 0.6 is 0 Å². The third kappa shape index (κ3) is 2.60. The van der Waals surface area contributed by atoms with Crippen molar-refractivity contribution >= 4 is 5.69 Å². The Bertz CT molecular complexity index is 384. The molecule has 2 heteroatoms. The fraction of sp³-hybridized carbons (Fsp3) is 0.308. The zero-order valence-corrected chi connectivity index (χ0v) is 8.61. The second-order valence-corrected chi connectivity index (χ2v) is 3.80. The van der Waals surface area contributed by atoms with Crippen molar-refractivity contribution in [2.75, 3.05) is 5.32 Å². The molecule has 0 saturated heterocycles. The van der Waals surface area contributed by atoms with Crippen molar-refractivity contribution in [1.29, 1.82) is 5.26 Å². The van der Waals surface area contributed by atoms with E-state index in [1.165, 1.54) is 19.3 Å². The van der Waals surface area contributed by atoms with Gasteiger partial charge in [0.15, 0.2) is 0 Å². The summed E-state index contributed by atoms with van der Waals surface area (Å²) in [6.07, 6.45) is 8.10. The lowest BCUT2D eigenvalue weighted by Crippen LogP contribution is -2.18. The number of anilines is 1. The molecule has 2 rings (SSSR count). The number of hydrogen-bond donors (Lipinski definition) is 1. The molecule has 76 valence electrons. The molecule has 0 heterocycles. The molecule has 0 spiro atoms. The zero-order valence-electron chi connectivity index (χ0n) is 8.61. The molecule has 0 aromatic heterocycles. The molecule has 2 nitrogen and oxygen atoms in total. The van der Waals surface area contributed by atoms with Gasteiger partial charge in [0.1, 0.15) is 0 Å². The summed E-state index contributed by atoms with van der Waals surface area (Å²) >= 11 is 0. The summed E-state index contributed by atoms with van der Waals surface area (Å²) in [6.45, 7) is 0.